The predicted molar refractivity (Wildman–Crippen MR) is 124 cm³/mol. The third kappa shape index (κ3) is 5.21. The van der Waals surface area contributed by atoms with Crippen LogP contribution in [0.15, 0.2) is 23.1 Å². The first-order valence-electron chi connectivity index (χ1n) is 11.0. The van der Waals surface area contributed by atoms with Crippen LogP contribution in [0.2, 0.25) is 0 Å². The molecule has 1 fully saturated rings. The summed E-state index contributed by atoms with van der Waals surface area (Å²) in [6.07, 6.45) is 2.89. The Morgan fingerprint density at radius 2 is 1.72 bits per heavy atom. The number of aromatic amines is 1. The molecule has 1 saturated heterocycles. The Labute approximate surface area is 189 Å². The van der Waals surface area contributed by atoms with Crippen LogP contribution in [0.25, 0.3) is 0 Å². The Hall–Kier alpha value is -2.65. The van der Waals surface area contributed by atoms with Crippen molar-refractivity contribution in [1.29, 1.82) is 0 Å². The monoisotopic (exact) mass is 460 g/mol. The lowest BCUT2D eigenvalue weighted by Gasteiger charge is -2.27. The smallest absolute Gasteiger partial charge is 0.257 e. The van der Waals surface area contributed by atoms with Gasteiger partial charge in [0.2, 0.25) is 15.9 Å². The molecule has 0 atom stereocenters. The molecule has 2 heterocycles. The van der Waals surface area contributed by atoms with E-state index in [1.54, 1.807) is 18.7 Å². The molecule has 0 spiro atoms. The van der Waals surface area contributed by atoms with Crippen LogP contribution in [0.1, 0.15) is 58.6 Å². The summed E-state index contributed by atoms with van der Waals surface area (Å²) in [5.41, 5.74) is 3.89. The maximum atomic E-state index is 13.1. The number of carbonyl (C=O) groups excluding carboxylic acids is 2. The highest BCUT2D eigenvalue weighted by atomic mass is 32.2. The lowest BCUT2D eigenvalue weighted by atomic mass is 10.1. The Balaban J connectivity index is 1.69. The number of aromatic nitrogens is 1. The van der Waals surface area contributed by atoms with Crippen molar-refractivity contribution in [2.45, 2.75) is 58.3 Å². The zero-order chi connectivity index (χ0) is 23.5. The van der Waals surface area contributed by atoms with Gasteiger partial charge in [-0.2, -0.15) is 0 Å². The number of hydrogen-bond acceptors (Lipinski definition) is 4. The molecular formula is C23H32N4O4S. The quantitative estimate of drug-likeness (QED) is 0.589. The van der Waals surface area contributed by atoms with Crippen LogP contribution in [-0.2, 0) is 14.8 Å². The van der Waals surface area contributed by atoms with E-state index >= 15 is 0 Å². The van der Waals surface area contributed by atoms with Gasteiger partial charge in [-0.1, -0.05) is 12.1 Å². The van der Waals surface area contributed by atoms with E-state index in [-0.39, 0.29) is 35.2 Å². The molecule has 1 aromatic heterocycles. The number of amides is 2. The van der Waals surface area contributed by atoms with E-state index in [1.807, 2.05) is 32.0 Å². The normalized spacial score (nSPS) is 14.4. The fraction of sp³-hybridized carbons (Fsp3) is 0.478. The molecule has 3 N–H and O–H groups in total. The molecule has 2 aromatic rings. The molecule has 1 aliphatic heterocycles. The standard InChI is InChI=1S/C23H32N4O4S/c1-15-9-8-10-19(16(15)2)26-20(28)11-12-24-32(30,31)22-18(4)25-17(3)21(22)23(29)27-13-6-5-7-14-27/h8-10,24-25H,5-7,11-14H2,1-4H3,(H,26,28). The fourth-order valence-corrected chi connectivity index (χ4v) is 5.56. The number of hydrogen-bond donors (Lipinski definition) is 3. The Morgan fingerprint density at radius 3 is 2.41 bits per heavy atom. The molecule has 1 aliphatic rings. The van der Waals surface area contributed by atoms with Gasteiger partial charge in [0.1, 0.15) is 4.90 Å². The molecule has 32 heavy (non-hydrogen) atoms. The zero-order valence-corrected chi connectivity index (χ0v) is 20.0. The van der Waals surface area contributed by atoms with Gasteiger partial charge in [-0.25, -0.2) is 13.1 Å². The van der Waals surface area contributed by atoms with Crippen molar-refractivity contribution in [1.82, 2.24) is 14.6 Å². The number of piperidine rings is 1. The van der Waals surface area contributed by atoms with Crippen LogP contribution < -0.4 is 10.0 Å². The topological polar surface area (TPSA) is 111 Å². The van der Waals surface area contributed by atoms with Gasteiger partial charge >= 0.3 is 0 Å². The summed E-state index contributed by atoms with van der Waals surface area (Å²) in [5, 5.41) is 2.82. The van der Waals surface area contributed by atoms with E-state index in [0.717, 1.165) is 30.4 Å². The number of nitrogens with one attached hydrogen (secondary N) is 3. The average molecular weight is 461 g/mol. The SMILES string of the molecule is Cc1cccc(NC(=O)CCNS(=O)(=O)c2c(C)[nH]c(C)c2C(=O)N2CCCCC2)c1C. The molecule has 8 nitrogen and oxygen atoms in total. The molecule has 0 aliphatic carbocycles. The van der Waals surface area contributed by atoms with Crippen molar-refractivity contribution >= 4 is 27.5 Å². The maximum absolute atomic E-state index is 13.1. The van der Waals surface area contributed by atoms with E-state index in [4.69, 9.17) is 0 Å². The lowest BCUT2D eigenvalue weighted by molar-refractivity contribution is -0.116. The summed E-state index contributed by atoms with van der Waals surface area (Å²) < 4.78 is 28.6. The minimum absolute atomic E-state index is 0.0233. The van der Waals surface area contributed by atoms with Gasteiger partial charge in [-0.05, 0) is 64.2 Å². The van der Waals surface area contributed by atoms with Gasteiger partial charge < -0.3 is 15.2 Å². The zero-order valence-electron chi connectivity index (χ0n) is 19.2. The largest absolute Gasteiger partial charge is 0.361 e. The molecule has 0 bridgehead atoms. The number of likely N-dealkylation sites (tertiary alicyclic amines) is 1. The van der Waals surface area contributed by atoms with Crippen molar-refractivity contribution in [3.63, 3.8) is 0 Å². The molecular weight excluding hydrogens is 428 g/mol. The summed E-state index contributed by atoms with van der Waals surface area (Å²) >= 11 is 0. The minimum atomic E-state index is -3.98. The number of nitrogens with zero attached hydrogens (tertiary/aromatic N) is 1. The number of aryl methyl sites for hydroxylation is 3. The first kappa shape index (κ1) is 24.0. The van der Waals surface area contributed by atoms with Gasteiger partial charge in [0.05, 0.1) is 5.56 Å². The summed E-state index contributed by atoms with van der Waals surface area (Å²) in [5.74, 6) is -0.549. The number of anilines is 1. The van der Waals surface area contributed by atoms with E-state index in [1.165, 1.54) is 0 Å². The number of rotatable bonds is 7. The van der Waals surface area contributed by atoms with Crippen molar-refractivity contribution < 1.29 is 18.0 Å². The minimum Gasteiger partial charge on any atom is -0.361 e. The third-order valence-corrected chi connectivity index (χ3v) is 7.60. The molecule has 174 valence electrons. The summed E-state index contributed by atoms with van der Waals surface area (Å²) in [7, 11) is -3.98. The highest BCUT2D eigenvalue weighted by Crippen LogP contribution is 2.26. The summed E-state index contributed by atoms with van der Waals surface area (Å²) in [6, 6.07) is 5.64. The van der Waals surface area contributed by atoms with Crippen molar-refractivity contribution in [2.75, 3.05) is 25.0 Å². The van der Waals surface area contributed by atoms with Crippen LogP contribution in [0, 0.1) is 27.7 Å². The Morgan fingerprint density at radius 1 is 1.03 bits per heavy atom. The lowest BCUT2D eigenvalue weighted by Crippen LogP contribution is -2.37. The highest BCUT2D eigenvalue weighted by molar-refractivity contribution is 7.89. The molecule has 0 unspecified atom stereocenters. The summed E-state index contributed by atoms with van der Waals surface area (Å²) in [4.78, 5) is 30.1. The van der Waals surface area contributed by atoms with E-state index in [0.29, 0.717) is 30.2 Å². The first-order valence-corrected chi connectivity index (χ1v) is 12.4. The van der Waals surface area contributed by atoms with Crippen LogP contribution in [-0.4, -0.2) is 49.8 Å². The van der Waals surface area contributed by atoms with Crippen LogP contribution >= 0.6 is 0 Å². The number of H-pyrrole nitrogens is 1. The molecule has 9 heteroatoms. The van der Waals surface area contributed by atoms with E-state index in [2.05, 4.69) is 15.0 Å². The van der Waals surface area contributed by atoms with Crippen molar-refractivity contribution in [3.05, 3.63) is 46.3 Å². The van der Waals surface area contributed by atoms with E-state index in [9.17, 15) is 18.0 Å². The van der Waals surface area contributed by atoms with E-state index < -0.39 is 10.0 Å². The molecule has 2 amide bonds. The van der Waals surface area contributed by atoms with Gasteiger partial charge in [-0.3, -0.25) is 9.59 Å². The van der Waals surface area contributed by atoms with Crippen LogP contribution in [0.4, 0.5) is 5.69 Å². The Bertz CT molecular complexity index is 1120. The highest BCUT2D eigenvalue weighted by Gasteiger charge is 2.31. The van der Waals surface area contributed by atoms with Gasteiger partial charge in [-0.15, -0.1) is 0 Å². The van der Waals surface area contributed by atoms with Crippen molar-refractivity contribution in [2.24, 2.45) is 0 Å². The number of sulfonamides is 1. The van der Waals surface area contributed by atoms with Crippen LogP contribution in [0.3, 0.4) is 0 Å². The first-order chi connectivity index (χ1) is 15.1. The predicted octanol–water partition coefficient (Wildman–Crippen LogP) is 3.18. The molecule has 0 radical (unpaired) electrons. The maximum Gasteiger partial charge on any atom is 0.257 e. The Kier molecular flexibility index (Phi) is 7.40. The average Bonchev–Trinajstić information content (AvgIpc) is 3.06. The number of carbonyl (C=O) groups is 2. The molecule has 0 saturated carbocycles. The number of benzene rings is 1. The van der Waals surface area contributed by atoms with Gasteiger partial charge in [0, 0.05) is 43.1 Å². The van der Waals surface area contributed by atoms with Gasteiger partial charge in [0.25, 0.3) is 5.91 Å². The van der Waals surface area contributed by atoms with Crippen LogP contribution in [0.5, 0.6) is 0 Å². The summed E-state index contributed by atoms with van der Waals surface area (Å²) in [6.45, 7) is 8.43. The second-order valence-electron chi connectivity index (χ2n) is 8.38. The molecule has 3 rings (SSSR count). The third-order valence-electron chi connectivity index (χ3n) is 5.97. The molecule has 1 aromatic carbocycles. The second-order valence-corrected chi connectivity index (χ2v) is 10.1. The van der Waals surface area contributed by atoms with Crippen molar-refractivity contribution in [3.8, 4) is 0 Å². The van der Waals surface area contributed by atoms with Gasteiger partial charge in [0.15, 0.2) is 0 Å². The fourth-order valence-electron chi connectivity index (χ4n) is 4.08. The second kappa shape index (κ2) is 9.87.